The Kier molecular flexibility index (Phi) is 10.4. The number of carbonyl (C=O) groups excluding carboxylic acids is 1. The average molecular weight is 672 g/mol. The van der Waals surface area contributed by atoms with E-state index in [1.807, 2.05) is 29.2 Å². The standard InChI is InChI=1S/C32H32F7N3O3S/c1-21(45-27-20-23(32(37,38)39)7-9-24(27)33)30(43)44-18-17-41-15-13-40(14-16-41)11-4-12-42-25-5-2-3-6-28(25)46-29-10-8-22(19-26(29)42)31(34,35)36/h2-3,5-10,19-21H,4,11-18H2,1H3. The number of nitrogens with zero attached hydrogens (tertiary/aromatic N) is 3. The average Bonchev–Trinajstić information content (AvgIpc) is 3.01. The maximum Gasteiger partial charge on any atom is 0.416 e. The number of halogens is 7. The fourth-order valence-corrected chi connectivity index (χ4v) is 6.41. The first-order valence-corrected chi connectivity index (χ1v) is 15.5. The van der Waals surface area contributed by atoms with Crippen LogP contribution in [0.3, 0.4) is 0 Å². The summed E-state index contributed by atoms with van der Waals surface area (Å²) in [5, 5.41) is 0. The lowest BCUT2D eigenvalue weighted by Crippen LogP contribution is -2.48. The van der Waals surface area contributed by atoms with E-state index in [-0.39, 0.29) is 6.61 Å². The molecule has 0 spiro atoms. The van der Waals surface area contributed by atoms with Gasteiger partial charge < -0.3 is 19.3 Å². The van der Waals surface area contributed by atoms with Gasteiger partial charge in [-0.15, -0.1) is 0 Å². The lowest BCUT2D eigenvalue weighted by Gasteiger charge is -2.36. The lowest BCUT2D eigenvalue weighted by atomic mass is 10.1. The number of rotatable bonds is 10. The molecule has 0 aliphatic carbocycles. The molecule has 0 aromatic heterocycles. The van der Waals surface area contributed by atoms with Gasteiger partial charge in [0.2, 0.25) is 0 Å². The Bertz CT molecular complexity index is 1530. The number of alkyl halides is 6. The molecule has 248 valence electrons. The van der Waals surface area contributed by atoms with Gasteiger partial charge >= 0.3 is 18.3 Å². The molecule has 0 N–H and O–H groups in total. The topological polar surface area (TPSA) is 45.3 Å². The number of hydrogen-bond donors (Lipinski definition) is 0. The Morgan fingerprint density at radius 2 is 1.41 bits per heavy atom. The van der Waals surface area contributed by atoms with Crippen LogP contribution < -0.4 is 9.64 Å². The van der Waals surface area contributed by atoms with Crippen LogP contribution in [-0.2, 0) is 21.9 Å². The van der Waals surface area contributed by atoms with Gasteiger partial charge in [-0.25, -0.2) is 9.18 Å². The normalized spacial score (nSPS) is 16.5. The number of piperazine rings is 1. The zero-order valence-corrected chi connectivity index (χ0v) is 25.7. The van der Waals surface area contributed by atoms with Crippen LogP contribution in [0.4, 0.5) is 42.1 Å². The van der Waals surface area contributed by atoms with E-state index in [4.69, 9.17) is 9.47 Å². The summed E-state index contributed by atoms with van der Waals surface area (Å²) in [5.41, 5.74) is -0.329. The van der Waals surface area contributed by atoms with Crippen LogP contribution in [0.5, 0.6) is 5.75 Å². The molecule has 1 unspecified atom stereocenters. The molecule has 1 saturated heterocycles. The quantitative estimate of drug-likeness (QED) is 0.164. The summed E-state index contributed by atoms with van der Waals surface area (Å²) in [5.74, 6) is -2.53. The number of para-hydroxylation sites is 1. The summed E-state index contributed by atoms with van der Waals surface area (Å²) >= 11 is 1.46. The van der Waals surface area contributed by atoms with Crippen LogP contribution in [0.1, 0.15) is 24.5 Å². The van der Waals surface area contributed by atoms with Crippen molar-refractivity contribution in [2.45, 2.75) is 41.6 Å². The van der Waals surface area contributed by atoms with Crippen LogP contribution in [0, 0.1) is 5.82 Å². The first kappa shape index (κ1) is 33.9. The molecule has 0 saturated carbocycles. The molecule has 14 heteroatoms. The third-order valence-corrected chi connectivity index (χ3v) is 8.95. The first-order valence-electron chi connectivity index (χ1n) is 14.7. The smallest absolute Gasteiger partial charge is 0.416 e. The Morgan fingerprint density at radius 3 is 2.11 bits per heavy atom. The minimum atomic E-state index is -4.69. The van der Waals surface area contributed by atoms with Crippen LogP contribution in [-0.4, -0.2) is 74.3 Å². The van der Waals surface area contributed by atoms with Gasteiger partial charge in [0.25, 0.3) is 0 Å². The van der Waals surface area contributed by atoms with Crippen molar-refractivity contribution in [3.8, 4) is 5.75 Å². The van der Waals surface area contributed by atoms with Gasteiger partial charge in [0, 0.05) is 49.1 Å². The third kappa shape index (κ3) is 8.26. The fraction of sp³-hybridized carbons (Fsp3) is 0.406. The number of carbonyl (C=O) groups is 1. The fourth-order valence-electron chi connectivity index (χ4n) is 5.34. The van der Waals surface area contributed by atoms with Gasteiger partial charge in [-0.2, -0.15) is 26.3 Å². The molecule has 0 radical (unpaired) electrons. The third-order valence-electron chi connectivity index (χ3n) is 7.82. The maximum absolute atomic E-state index is 14.0. The van der Waals surface area contributed by atoms with Crippen molar-refractivity contribution in [2.24, 2.45) is 0 Å². The van der Waals surface area contributed by atoms with Gasteiger partial charge in [0.1, 0.15) is 6.61 Å². The molecule has 3 aromatic rings. The lowest BCUT2D eigenvalue weighted by molar-refractivity contribution is -0.151. The number of esters is 1. The second kappa shape index (κ2) is 14.1. The van der Waals surface area contributed by atoms with Crippen molar-refractivity contribution in [1.29, 1.82) is 0 Å². The first-order chi connectivity index (χ1) is 21.8. The molecule has 3 aromatic carbocycles. The predicted molar refractivity (Wildman–Crippen MR) is 159 cm³/mol. The molecule has 46 heavy (non-hydrogen) atoms. The summed E-state index contributed by atoms with van der Waals surface area (Å²) in [6.07, 6.45) is -9.70. The molecule has 0 amide bonds. The molecule has 2 aliphatic rings. The van der Waals surface area contributed by atoms with Crippen LogP contribution >= 0.6 is 11.8 Å². The molecular weight excluding hydrogens is 639 g/mol. The summed E-state index contributed by atoms with van der Waals surface area (Å²) in [6, 6.07) is 13.3. The summed E-state index contributed by atoms with van der Waals surface area (Å²) in [6.45, 7) is 5.97. The SMILES string of the molecule is CC(Oc1cc(C(F)(F)F)ccc1F)C(=O)OCCN1CCN(CCCN2c3ccccc3Sc3ccc(C(F)(F)F)cc32)CC1. The van der Waals surface area contributed by atoms with E-state index in [1.165, 1.54) is 30.8 Å². The van der Waals surface area contributed by atoms with Crippen molar-refractivity contribution in [3.05, 3.63) is 77.6 Å². The molecule has 2 heterocycles. The Balaban J connectivity index is 1.06. The molecule has 6 nitrogen and oxygen atoms in total. The zero-order valence-electron chi connectivity index (χ0n) is 24.8. The molecule has 1 fully saturated rings. The molecule has 5 rings (SSSR count). The number of fused-ring (bicyclic) bond motifs is 2. The van der Waals surface area contributed by atoms with E-state index in [0.29, 0.717) is 50.1 Å². The minimum Gasteiger partial charge on any atom is -0.476 e. The Hall–Kier alpha value is -3.49. The molecule has 1 atom stereocenters. The van der Waals surface area contributed by atoms with E-state index in [2.05, 4.69) is 9.80 Å². The predicted octanol–water partition coefficient (Wildman–Crippen LogP) is 7.48. The van der Waals surface area contributed by atoms with E-state index >= 15 is 0 Å². The van der Waals surface area contributed by atoms with Crippen molar-refractivity contribution in [3.63, 3.8) is 0 Å². The van der Waals surface area contributed by atoms with E-state index in [1.54, 1.807) is 0 Å². The van der Waals surface area contributed by atoms with E-state index < -0.39 is 47.1 Å². The monoisotopic (exact) mass is 671 g/mol. The zero-order chi connectivity index (χ0) is 33.1. The van der Waals surface area contributed by atoms with E-state index in [9.17, 15) is 35.5 Å². The molecule has 0 bridgehead atoms. The summed E-state index contributed by atoms with van der Waals surface area (Å²) in [7, 11) is 0. The Morgan fingerprint density at radius 1 is 0.804 bits per heavy atom. The van der Waals surface area contributed by atoms with Gasteiger partial charge in [-0.1, -0.05) is 23.9 Å². The van der Waals surface area contributed by atoms with Crippen molar-refractivity contribution < 1.29 is 45.0 Å². The highest BCUT2D eigenvalue weighted by molar-refractivity contribution is 7.99. The van der Waals surface area contributed by atoms with Gasteiger partial charge in [-0.05, 0) is 68.4 Å². The molecule has 2 aliphatic heterocycles. The second-order valence-electron chi connectivity index (χ2n) is 11.0. The number of anilines is 2. The Labute approximate surface area is 266 Å². The highest BCUT2D eigenvalue weighted by Crippen LogP contribution is 2.49. The van der Waals surface area contributed by atoms with Crippen molar-refractivity contribution in [1.82, 2.24) is 9.80 Å². The highest BCUT2D eigenvalue weighted by Gasteiger charge is 2.34. The van der Waals surface area contributed by atoms with Crippen LogP contribution in [0.15, 0.2) is 70.5 Å². The summed E-state index contributed by atoms with van der Waals surface area (Å²) in [4.78, 5) is 20.4. The largest absolute Gasteiger partial charge is 0.476 e. The van der Waals surface area contributed by atoms with Crippen molar-refractivity contribution >= 4 is 29.1 Å². The van der Waals surface area contributed by atoms with Crippen LogP contribution in [0.25, 0.3) is 0 Å². The number of ether oxygens (including phenoxy) is 2. The van der Waals surface area contributed by atoms with E-state index in [0.717, 1.165) is 47.6 Å². The minimum absolute atomic E-state index is 0.0311. The van der Waals surface area contributed by atoms with Crippen LogP contribution in [0.2, 0.25) is 0 Å². The van der Waals surface area contributed by atoms with Gasteiger partial charge in [0.05, 0.1) is 22.5 Å². The van der Waals surface area contributed by atoms with Gasteiger partial charge in [0.15, 0.2) is 17.7 Å². The highest BCUT2D eigenvalue weighted by atomic mass is 32.2. The van der Waals surface area contributed by atoms with Gasteiger partial charge in [-0.3, -0.25) is 4.90 Å². The maximum atomic E-state index is 14.0. The second-order valence-corrected chi connectivity index (χ2v) is 12.1. The summed E-state index contributed by atoms with van der Waals surface area (Å²) < 4.78 is 104. The number of benzene rings is 3. The molecular formula is C32H32F7N3O3S. The number of hydrogen-bond acceptors (Lipinski definition) is 7. The van der Waals surface area contributed by atoms with Crippen molar-refractivity contribution in [2.75, 3.05) is 57.3 Å².